The molecule has 0 saturated carbocycles. The van der Waals surface area contributed by atoms with Crippen LogP contribution in [0.15, 0.2) is 42.4 Å². The van der Waals surface area contributed by atoms with Gasteiger partial charge in [0.1, 0.15) is 0 Å². The molecule has 0 N–H and O–H groups in total. The van der Waals surface area contributed by atoms with E-state index in [4.69, 9.17) is 17.1 Å². The molecule has 0 aliphatic heterocycles. The van der Waals surface area contributed by atoms with Crippen molar-refractivity contribution >= 4 is 11.6 Å². The molecule has 0 aromatic heterocycles. The van der Waals surface area contributed by atoms with Gasteiger partial charge in [0.2, 0.25) is 0 Å². The fourth-order valence-electron chi connectivity index (χ4n) is 1.87. The minimum atomic E-state index is -0.202. The second-order valence-corrected chi connectivity index (χ2v) is 3.71. The number of hydrogen-bond donors (Lipinski definition) is 0. The van der Waals surface area contributed by atoms with Crippen LogP contribution in [-0.4, -0.2) is 0 Å². The lowest BCUT2D eigenvalue weighted by Crippen LogP contribution is -1.78. The first-order valence-electron chi connectivity index (χ1n) is 6.39. The standard InChI is InChI=1S/C13H9Cl/c14-12-7-3-5-10-8-9-4-1-2-6-11(9)13(10)12/h1-7H,8H2/i1D,2D,4D,6D. The first kappa shape index (κ1) is 4.99. The molecule has 0 saturated heterocycles. The van der Waals surface area contributed by atoms with Crippen molar-refractivity contribution in [3.63, 3.8) is 0 Å². The van der Waals surface area contributed by atoms with Gasteiger partial charge in [-0.2, -0.15) is 0 Å². The van der Waals surface area contributed by atoms with Crippen LogP contribution in [0, 0.1) is 0 Å². The summed E-state index contributed by atoms with van der Waals surface area (Å²) in [6, 6.07) is 5.15. The van der Waals surface area contributed by atoms with Gasteiger partial charge in [0.05, 0.1) is 5.48 Å². The van der Waals surface area contributed by atoms with Crippen LogP contribution in [0.3, 0.4) is 0 Å². The average molecular weight is 205 g/mol. The molecule has 0 radical (unpaired) electrons. The van der Waals surface area contributed by atoms with Crippen molar-refractivity contribution < 1.29 is 5.48 Å². The summed E-state index contributed by atoms with van der Waals surface area (Å²) >= 11 is 6.16. The number of halogens is 1. The quantitative estimate of drug-likeness (QED) is 0.521. The third-order valence-electron chi connectivity index (χ3n) is 2.48. The van der Waals surface area contributed by atoms with Gasteiger partial charge in [-0.1, -0.05) is 47.9 Å². The normalized spacial score (nSPS) is 16.4. The Balaban J connectivity index is 2.44. The lowest BCUT2D eigenvalue weighted by Gasteiger charge is -2.02. The number of rotatable bonds is 0. The second kappa shape index (κ2) is 2.86. The molecule has 0 fully saturated rings. The van der Waals surface area contributed by atoms with Gasteiger partial charge in [0.25, 0.3) is 0 Å². The monoisotopic (exact) mass is 204 g/mol. The van der Waals surface area contributed by atoms with Crippen molar-refractivity contribution in [1.82, 2.24) is 0 Å². The zero-order chi connectivity index (χ0) is 13.0. The lowest BCUT2D eigenvalue weighted by atomic mass is 10.1. The van der Waals surface area contributed by atoms with Gasteiger partial charge in [-0.3, -0.25) is 0 Å². The molecule has 68 valence electrons. The summed E-state index contributed by atoms with van der Waals surface area (Å²) in [5.74, 6) is 0. The molecule has 2 aromatic rings. The maximum atomic E-state index is 7.99. The van der Waals surface area contributed by atoms with Crippen molar-refractivity contribution in [2.45, 2.75) is 6.42 Å². The molecule has 0 nitrogen and oxygen atoms in total. The van der Waals surface area contributed by atoms with E-state index in [1.165, 1.54) is 0 Å². The van der Waals surface area contributed by atoms with Crippen LogP contribution in [0.1, 0.15) is 16.6 Å². The minimum Gasteiger partial charge on any atom is -0.0837 e. The van der Waals surface area contributed by atoms with Crippen LogP contribution in [0.4, 0.5) is 0 Å². The van der Waals surface area contributed by atoms with E-state index in [0.29, 0.717) is 22.6 Å². The maximum Gasteiger partial charge on any atom is 0.0629 e. The molecule has 0 atom stereocenters. The molecule has 1 aliphatic carbocycles. The van der Waals surface area contributed by atoms with Gasteiger partial charge < -0.3 is 0 Å². The fraction of sp³-hybridized carbons (Fsp3) is 0.0769. The van der Waals surface area contributed by atoms with Crippen molar-refractivity contribution in [2.24, 2.45) is 0 Å². The first-order valence-corrected chi connectivity index (χ1v) is 4.77. The molecule has 1 heteroatoms. The van der Waals surface area contributed by atoms with Gasteiger partial charge in [-0.05, 0) is 29.2 Å². The summed E-state index contributed by atoms with van der Waals surface area (Å²) in [6.07, 6.45) is 0.516. The molecule has 1 aliphatic rings. The second-order valence-electron chi connectivity index (χ2n) is 3.30. The van der Waals surface area contributed by atoms with E-state index in [2.05, 4.69) is 0 Å². The molecule has 0 amide bonds. The Hall–Kier alpha value is -1.27. The largest absolute Gasteiger partial charge is 0.0837 e. The van der Waals surface area contributed by atoms with E-state index in [1.807, 2.05) is 12.1 Å². The zero-order valence-corrected chi connectivity index (χ0v) is 8.07. The molecule has 2 aromatic carbocycles. The molecule has 3 rings (SSSR count). The molecule has 14 heavy (non-hydrogen) atoms. The Morgan fingerprint density at radius 2 is 2.00 bits per heavy atom. The highest BCUT2D eigenvalue weighted by Crippen LogP contribution is 2.40. The first-order chi connectivity index (χ1) is 8.52. The zero-order valence-electron chi connectivity index (χ0n) is 11.3. The van der Waals surface area contributed by atoms with E-state index in [-0.39, 0.29) is 24.2 Å². The van der Waals surface area contributed by atoms with Crippen molar-refractivity contribution in [3.05, 3.63) is 58.5 Å². The van der Waals surface area contributed by atoms with E-state index in [0.717, 1.165) is 11.1 Å². The molecule has 0 spiro atoms. The summed E-state index contributed by atoms with van der Waals surface area (Å²) in [7, 11) is 0. The van der Waals surface area contributed by atoms with Crippen LogP contribution in [0.5, 0.6) is 0 Å². The topological polar surface area (TPSA) is 0 Å². The van der Waals surface area contributed by atoms with E-state index in [1.54, 1.807) is 6.07 Å². The Kier molecular flexibility index (Phi) is 1.02. The summed E-state index contributed by atoms with van der Waals surface area (Å²) in [6.45, 7) is 0. The molecule has 0 bridgehead atoms. The van der Waals surface area contributed by atoms with Gasteiger partial charge >= 0.3 is 0 Å². The highest BCUT2D eigenvalue weighted by Gasteiger charge is 2.19. The summed E-state index contributed by atoms with van der Waals surface area (Å²) in [5.41, 5.74) is 2.91. The predicted molar refractivity (Wildman–Crippen MR) is 59.7 cm³/mol. The molecule has 0 heterocycles. The van der Waals surface area contributed by atoms with Gasteiger partial charge in [0, 0.05) is 10.6 Å². The SMILES string of the molecule is [2H]c1c([2H])c([2H])c2c(c1[2H])Cc1cccc(Cl)c1-2. The van der Waals surface area contributed by atoms with E-state index >= 15 is 0 Å². The summed E-state index contributed by atoms with van der Waals surface area (Å²) in [4.78, 5) is 0. The van der Waals surface area contributed by atoms with Crippen LogP contribution >= 0.6 is 11.6 Å². The number of benzene rings is 2. The van der Waals surface area contributed by atoms with Crippen LogP contribution in [-0.2, 0) is 6.42 Å². The van der Waals surface area contributed by atoms with Crippen LogP contribution in [0.2, 0.25) is 5.02 Å². The Bertz CT molecular complexity index is 679. The molecular weight excluding hydrogens is 192 g/mol. The summed E-state index contributed by atoms with van der Waals surface area (Å²) < 4.78 is 31.3. The van der Waals surface area contributed by atoms with Crippen molar-refractivity contribution in [3.8, 4) is 11.1 Å². The van der Waals surface area contributed by atoms with Crippen LogP contribution < -0.4 is 0 Å². The fourth-order valence-corrected chi connectivity index (χ4v) is 2.16. The number of hydrogen-bond acceptors (Lipinski definition) is 0. The lowest BCUT2D eigenvalue weighted by molar-refractivity contribution is 1.26. The third-order valence-corrected chi connectivity index (χ3v) is 2.80. The Morgan fingerprint density at radius 3 is 2.93 bits per heavy atom. The van der Waals surface area contributed by atoms with Gasteiger partial charge in [0.15, 0.2) is 0 Å². The van der Waals surface area contributed by atoms with E-state index < -0.39 is 0 Å². The van der Waals surface area contributed by atoms with Crippen molar-refractivity contribution in [1.29, 1.82) is 0 Å². The highest BCUT2D eigenvalue weighted by atomic mass is 35.5. The molecule has 0 unspecified atom stereocenters. The minimum absolute atomic E-state index is 0.00199. The van der Waals surface area contributed by atoms with Gasteiger partial charge in [-0.15, -0.1) is 0 Å². The Labute approximate surface area is 93.8 Å². The van der Waals surface area contributed by atoms with E-state index in [9.17, 15) is 0 Å². The van der Waals surface area contributed by atoms with Crippen LogP contribution in [0.25, 0.3) is 11.1 Å². The third kappa shape index (κ3) is 1.01. The number of fused-ring (bicyclic) bond motifs is 3. The smallest absolute Gasteiger partial charge is 0.0629 e. The predicted octanol–water partition coefficient (Wildman–Crippen LogP) is 3.91. The van der Waals surface area contributed by atoms with Crippen molar-refractivity contribution in [2.75, 3.05) is 0 Å². The summed E-state index contributed by atoms with van der Waals surface area (Å²) in [5, 5.41) is 0.538. The molecular formula is C13H9Cl. The Morgan fingerprint density at radius 1 is 1.14 bits per heavy atom. The highest BCUT2D eigenvalue weighted by molar-refractivity contribution is 6.33. The average Bonchev–Trinajstić information content (AvgIpc) is 2.75. The van der Waals surface area contributed by atoms with Gasteiger partial charge in [-0.25, -0.2) is 0 Å². The maximum absolute atomic E-state index is 7.99.